The highest BCUT2D eigenvalue weighted by Crippen LogP contribution is 2.10. The number of carbonyl (C=O) groups is 1. The molecule has 182 valence electrons. The van der Waals surface area contributed by atoms with E-state index >= 15 is 0 Å². The van der Waals surface area contributed by atoms with Gasteiger partial charge in [0.05, 0.1) is 6.61 Å². The Kier molecular flexibility index (Phi) is 19.7. The average molecular weight is 447 g/mol. The van der Waals surface area contributed by atoms with Crippen molar-refractivity contribution >= 4 is 6.16 Å². The molecule has 0 aliphatic heterocycles. The Labute approximate surface area is 196 Å². The molecular formula is C28H46O4. The van der Waals surface area contributed by atoms with Crippen molar-refractivity contribution in [3.8, 4) is 0 Å². The second kappa shape index (κ2) is 22.4. The highest BCUT2D eigenvalue weighted by atomic mass is 16.7. The fourth-order valence-corrected chi connectivity index (χ4v) is 3.50. The summed E-state index contributed by atoms with van der Waals surface area (Å²) in [6, 6.07) is 9.56. The molecule has 4 heteroatoms. The van der Waals surface area contributed by atoms with E-state index in [-0.39, 0.29) is 13.2 Å². The molecule has 0 saturated heterocycles. The second-order valence-electron chi connectivity index (χ2n) is 8.42. The number of ether oxygens (including phenoxy) is 3. The standard InChI is InChI=1S/C28H46O4/c1-2-3-4-5-6-7-8-9-10-11-12-13-14-15-16-20-23-30-24-25-31-28(29)32-26-27-21-18-17-19-22-27/h9-10,17-19,21-22H,2-8,11-16,20,23-26H2,1H3/b10-9-. The maximum absolute atomic E-state index is 11.5. The summed E-state index contributed by atoms with van der Waals surface area (Å²) in [5, 5.41) is 0. The van der Waals surface area contributed by atoms with Gasteiger partial charge in [0.15, 0.2) is 0 Å². The van der Waals surface area contributed by atoms with Crippen molar-refractivity contribution in [2.75, 3.05) is 19.8 Å². The van der Waals surface area contributed by atoms with E-state index in [1.54, 1.807) is 0 Å². The number of benzene rings is 1. The molecule has 1 rings (SSSR count). The Morgan fingerprint density at radius 2 is 1.28 bits per heavy atom. The third kappa shape index (κ3) is 18.9. The molecule has 4 nitrogen and oxygen atoms in total. The van der Waals surface area contributed by atoms with Crippen LogP contribution in [0.25, 0.3) is 0 Å². The number of unbranched alkanes of at least 4 members (excludes halogenated alkanes) is 12. The molecule has 1 aromatic rings. The van der Waals surface area contributed by atoms with Gasteiger partial charge < -0.3 is 14.2 Å². The summed E-state index contributed by atoms with van der Waals surface area (Å²) in [5.74, 6) is 0. The molecule has 32 heavy (non-hydrogen) atoms. The number of rotatable bonds is 21. The van der Waals surface area contributed by atoms with Crippen LogP contribution in [0.4, 0.5) is 4.79 Å². The fourth-order valence-electron chi connectivity index (χ4n) is 3.50. The van der Waals surface area contributed by atoms with E-state index in [9.17, 15) is 4.79 Å². The number of hydrogen-bond donors (Lipinski definition) is 0. The van der Waals surface area contributed by atoms with Crippen molar-refractivity contribution in [3.05, 3.63) is 48.0 Å². The van der Waals surface area contributed by atoms with Crippen LogP contribution in [0.2, 0.25) is 0 Å². The first-order valence-corrected chi connectivity index (χ1v) is 12.9. The number of carbonyl (C=O) groups excluding carboxylic acids is 1. The van der Waals surface area contributed by atoms with Gasteiger partial charge in [-0.2, -0.15) is 0 Å². The van der Waals surface area contributed by atoms with E-state index in [4.69, 9.17) is 14.2 Å². The van der Waals surface area contributed by atoms with Gasteiger partial charge in [-0.3, -0.25) is 0 Å². The van der Waals surface area contributed by atoms with Gasteiger partial charge in [0.2, 0.25) is 0 Å². The Bertz CT molecular complexity index is 556. The normalized spacial score (nSPS) is 11.2. The van der Waals surface area contributed by atoms with Crippen molar-refractivity contribution in [2.45, 2.75) is 103 Å². The Morgan fingerprint density at radius 1 is 0.688 bits per heavy atom. The van der Waals surface area contributed by atoms with Crippen LogP contribution in [0.1, 0.15) is 102 Å². The van der Waals surface area contributed by atoms with Crippen molar-refractivity contribution in [3.63, 3.8) is 0 Å². The van der Waals surface area contributed by atoms with Crippen molar-refractivity contribution < 1.29 is 19.0 Å². The van der Waals surface area contributed by atoms with E-state index < -0.39 is 6.16 Å². The van der Waals surface area contributed by atoms with Gasteiger partial charge in [0.1, 0.15) is 13.2 Å². The molecule has 0 saturated carbocycles. The lowest BCUT2D eigenvalue weighted by Crippen LogP contribution is -2.12. The summed E-state index contributed by atoms with van der Waals surface area (Å²) >= 11 is 0. The van der Waals surface area contributed by atoms with Crippen LogP contribution in [0.3, 0.4) is 0 Å². The molecule has 0 radical (unpaired) electrons. The maximum atomic E-state index is 11.5. The van der Waals surface area contributed by atoms with Crippen LogP contribution < -0.4 is 0 Å². The molecule has 0 aliphatic rings. The molecule has 0 heterocycles. The van der Waals surface area contributed by atoms with Gasteiger partial charge in [-0.25, -0.2) is 4.79 Å². The van der Waals surface area contributed by atoms with Gasteiger partial charge in [-0.05, 0) is 37.7 Å². The monoisotopic (exact) mass is 446 g/mol. The zero-order chi connectivity index (χ0) is 23.0. The van der Waals surface area contributed by atoms with Crippen molar-refractivity contribution in [1.29, 1.82) is 0 Å². The first kappa shape index (κ1) is 28.2. The van der Waals surface area contributed by atoms with Gasteiger partial charge >= 0.3 is 6.16 Å². The molecule has 0 unspecified atom stereocenters. The molecule has 0 aromatic heterocycles. The second-order valence-corrected chi connectivity index (χ2v) is 8.42. The predicted molar refractivity (Wildman–Crippen MR) is 133 cm³/mol. The minimum atomic E-state index is -0.644. The minimum absolute atomic E-state index is 0.232. The van der Waals surface area contributed by atoms with Crippen LogP contribution in [-0.2, 0) is 20.8 Å². The van der Waals surface area contributed by atoms with E-state index in [1.165, 1.54) is 83.5 Å². The number of allylic oxidation sites excluding steroid dienone is 2. The molecule has 0 N–H and O–H groups in total. The summed E-state index contributed by atoms with van der Waals surface area (Å²) in [6.07, 6.45) is 22.4. The summed E-state index contributed by atoms with van der Waals surface area (Å²) in [4.78, 5) is 11.5. The first-order valence-electron chi connectivity index (χ1n) is 12.9. The largest absolute Gasteiger partial charge is 0.508 e. The topological polar surface area (TPSA) is 44.8 Å². The average Bonchev–Trinajstić information content (AvgIpc) is 2.82. The van der Waals surface area contributed by atoms with Crippen LogP contribution in [0, 0.1) is 0 Å². The highest BCUT2D eigenvalue weighted by molar-refractivity contribution is 5.59. The van der Waals surface area contributed by atoms with Gasteiger partial charge in [0, 0.05) is 6.61 Å². The van der Waals surface area contributed by atoms with Crippen molar-refractivity contribution in [1.82, 2.24) is 0 Å². The number of hydrogen-bond acceptors (Lipinski definition) is 4. The van der Waals surface area contributed by atoms with Gasteiger partial charge in [-0.15, -0.1) is 0 Å². The summed E-state index contributed by atoms with van der Waals surface area (Å²) in [5.41, 5.74) is 0.945. The molecule has 0 amide bonds. The van der Waals surface area contributed by atoms with Crippen LogP contribution >= 0.6 is 0 Å². The van der Waals surface area contributed by atoms with E-state index in [2.05, 4.69) is 19.1 Å². The summed E-state index contributed by atoms with van der Waals surface area (Å²) in [7, 11) is 0. The molecule has 0 spiro atoms. The van der Waals surface area contributed by atoms with Crippen LogP contribution in [0.5, 0.6) is 0 Å². The summed E-state index contributed by atoms with van der Waals surface area (Å²) < 4.78 is 15.6. The lowest BCUT2D eigenvalue weighted by molar-refractivity contribution is 0.0229. The molecular weight excluding hydrogens is 400 g/mol. The highest BCUT2D eigenvalue weighted by Gasteiger charge is 2.03. The predicted octanol–water partition coefficient (Wildman–Crippen LogP) is 8.39. The third-order valence-electron chi connectivity index (χ3n) is 5.45. The zero-order valence-electron chi connectivity index (χ0n) is 20.4. The molecule has 0 fully saturated rings. The quantitative estimate of drug-likeness (QED) is 0.108. The Morgan fingerprint density at radius 3 is 1.94 bits per heavy atom. The lowest BCUT2D eigenvalue weighted by atomic mass is 10.1. The first-order chi connectivity index (χ1) is 15.8. The molecule has 1 aromatic carbocycles. The van der Waals surface area contributed by atoms with Crippen LogP contribution in [-0.4, -0.2) is 26.0 Å². The molecule has 0 aliphatic carbocycles. The maximum Gasteiger partial charge on any atom is 0.508 e. The van der Waals surface area contributed by atoms with E-state index in [0.717, 1.165) is 18.6 Å². The summed E-state index contributed by atoms with van der Waals surface area (Å²) in [6.45, 7) is 3.89. The smallest absolute Gasteiger partial charge is 0.432 e. The van der Waals surface area contributed by atoms with Crippen LogP contribution in [0.15, 0.2) is 42.5 Å². The minimum Gasteiger partial charge on any atom is -0.432 e. The fraction of sp³-hybridized carbons (Fsp3) is 0.679. The van der Waals surface area contributed by atoms with Gasteiger partial charge in [-0.1, -0.05) is 107 Å². The molecule has 0 bridgehead atoms. The van der Waals surface area contributed by atoms with Gasteiger partial charge in [0.25, 0.3) is 0 Å². The Balaban J connectivity index is 1.74. The SMILES string of the molecule is CCCCCCCC/C=C\CCCCCCCCOCCOC(=O)OCc1ccccc1. The zero-order valence-corrected chi connectivity index (χ0v) is 20.4. The van der Waals surface area contributed by atoms with E-state index in [0.29, 0.717) is 6.61 Å². The van der Waals surface area contributed by atoms with E-state index in [1.807, 2.05) is 30.3 Å². The molecule has 0 atom stereocenters. The Hall–Kier alpha value is -1.81. The third-order valence-corrected chi connectivity index (χ3v) is 5.45. The lowest BCUT2D eigenvalue weighted by Gasteiger charge is -2.07. The van der Waals surface area contributed by atoms with Crippen molar-refractivity contribution in [2.24, 2.45) is 0 Å².